The summed E-state index contributed by atoms with van der Waals surface area (Å²) in [5.74, 6) is -0.822. The number of hydrogen-bond donors (Lipinski definition) is 0. The third kappa shape index (κ3) is 2.80. The molecule has 0 N–H and O–H groups in total. The molecule has 0 fully saturated rings. The first kappa shape index (κ1) is 11.2. The Labute approximate surface area is 87.8 Å². The maximum Gasteiger partial charge on any atom is 0.374 e. The van der Waals surface area contributed by atoms with E-state index in [1.807, 2.05) is 0 Å². The summed E-state index contributed by atoms with van der Waals surface area (Å²) in [6, 6.07) is 7.05. The van der Waals surface area contributed by atoms with E-state index in [9.17, 15) is 9.59 Å². The zero-order valence-corrected chi connectivity index (χ0v) is 8.65. The quantitative estimate of drug-likeness (QED) is 0.546. The summed E-state index contributed by atoms with van der Waals surface area (Å²) in [5, 5.41) is 0. The fourth-order valence-corrected chi connectivity index (χ4v) is 1.21. The fraction of sp³-hybridized carbons (Fsp3) is 0.273. The second-order valence-electron chi connectivity index (χ2n) is 2.90. The van der Waals surface area contributed by atoms with Gasteiger partial charge in [-0.1, -0.05) is 18.2 Å². The molecule has 1 rings (SSSR count). The topological polar surface area (TPSA) is 52.6 Å². The maximum atomic E-state index is 11.3. The second kappa shape index (κ2) is 5.14. The summed E-state index contributed by atoms with van der Waals surface area (Å²) in [7, 11) is 2.70. The van der Waals surface area contributed by atoms with Crippen molar-refractivity contribution in [2.24, 2.45) is 0 Å². The first-order valence-electron chi connectivity index (χ1n) is 4.42. The van der Waals surface area contributed by atoms with E-state index in [2.05, 4.69) is 4.74 Å². The molecule has 15 heavy (non-hydrogen) atoms. The van der Waals surface area contributed by atoms with Gasteiger partial charge in [0.15, 0.2) is 0 Å². The van der Waals surface area contributed by atoms with Crippen molar-refractivity contribution >= 4 is 11.8 Å². The normalized spacial score (nSPS) is 9.47. The van der Waals surface area contributed by atoms with E-state index in [4.69, 9.17) is 4.74 Å². The standard InChI is InChI=1S/C11H12O4/c1-14-10-6-4-3-5-8(10)7-9(12)11(13)15-2/h3-6H,7H2,1-2H3. The van der Waals surface area contributed by atoms with Gasteiger partial charge in [-0.25, -0.2) is 4.79 Å². The third-order valence-corrected chi connectivity index (χ3v) is 1.96. The number of carbonyl (C=O) groups excluding carboxylic acids is 2. The number of carbonyl (C=O) groups is 2. The lowest BCUT2D eigenvalue weighted by atomic mass is 10.1. The van der Waals surface area contributed by atoms with Crippen molar-refractivity contribution in [1.82, 2.24) is 0 Å². The average molecular weight is 208 g/mol. The number of Topliss-reactive ketones (excluding diaryl/α,β-unsaturated/α-hetero) is 1. The average Bonchev–Trinajstić information content (AvgIpc) is 2.28. The van der Waals surface area contributed by atoms with Crippen LogP contribution in [0.2, 0.25) is 0 Å². The van der Waals surface area contributed by atoms with E-state index >= 15 is 0 Å². The molecule has 0 unspecified atom stereocenters. The Bertz CT molecular complexity index is 371. The molecule has 1 aromatic rings. The predicted molar refractivity (Wildman–Crippen MR) is 53.7 cm³/mol. The third-order valence-electron chi connectivity index (χ3n) is 1.96. The van der Waals surface area contributed by atoms with E-state index in [0.29, 0.717) is 11.3 Å². The van der Waals surface area contributed by atoms with Gasteiger partial charge in [0.25, 0.3) is 0 Å². The summed E-state index contributed by atoms with van der Waals surface area (Å²) in [6.07, 6.45) is -0.00329. The minimum atomic E-state index is -0.832. The molecule has 0 heterocycles. The first-order valence-corrected chi connectivity index (χ1v) is 4.42. The first-order chi connectivity index (χ1) is 7.19. The molecule has 0 aliphatic heterocycles. The molecular weight excluding hydrogens is 196 g/mol. The SMILES string of the molecule is COC(=O)C(=O)Cc1ccccc1OC. The highest BCUT2D eigenvalue weighted by atomic mass is 16.5. The van der Waals surface area contributed by atoms with Crippen LogP contribution < -0.4 is 4.74 Å². The van der Waals surface area contributed by atoms with E-state index in [1.165, 1.54) is 14.2 Å². The van der Waals surface area contributed by atoms with E-state index in [-0.39, 0.29) is 6.42 Å². The molecule has 0 spiro atoms. The molecule has 0 aromatic heterocycles. The van der Waals surface area contributed by atoms with Gasteiger partial charge >= 0.3 is 5.97 Å². The molecule has 0 aliphatic rings. The van der Waals surface area contributed by atoms with Gasteiger partial charge < -0.3 is 9.47 Å². The van der Waals surface area contributed by atoms with E-state index in [0.717, 1.165) is 0 Å². The molecule has 0 saturated heterocycles. The van der Waals surface area contributed by atoms with Crippen LogP contribution in [-0.4, -0.2) is 26.0 Å². The van der Waals surface area contributed by atoms with E-state index in [1.54, 1.807) is 24.3 Å². The zero-order chi connectivity index (χ0) is 11.3. The minimum absolute atomic E-state index is 0.00329. The Balaban J connectivity index is 2.80. The van der Waals surface area contributed by atoms with Crippen molar-refractivity contribution in [1.29, 1.82) is 0 Å². The second-order valence-corrected chi connectivity index (χ2v) is 2.90. The van der Waals surface area contributed by atoms with Gasteiger partial charge in [-0.3, -0.25) is 4.79 Å². The summed E-state index contributed by atoms with van der Waals surface area (Å²) in [4.78, 5) is 22.2. The number of ether oxygens (including phenoxy) is 2. The molecule has 0 saturated carbocycles. The lowest BCUT2D eigenvalue weighted by molar-refractivity contribution is -0.151. The van der Waals surface area contributed by atoms with Crippen LogP contribution in [0.4, 0.5) is 0 Å². The number of methoxy groups -OCH3 is 2. The Morgan fingerprint density at radius 3 is 2.47 bits per heavy atom. The molecule has 4 nitrogen and oxygen atoms in total. The van der Waals surface area contributed by atoms with Crippen LogP contribution in [0.15, 0.2) is 24.3 Å². The molecular formula is C11H12O4. The van der Waals surface area contributed by atoms with Crippen molar-refractivity contribution in [3.8, 4) is 5.75 Å². The molecule has 4 heteroatoms. The van der Waals surface area contributed by atoms with Gasteiger partial charge in [-0.05, 0) is 6.07 Å². The molecule has 0 atom stereocenters. The van der Waals surface area contributed by atoms with Crippen molar-refractivity contribution < 1.29 is 19.1 Å². The van der Waals surface area contributed by atoms with E-state index < -0.39 is 11.8 Å². The molecule has 0 radical (unpaired) electrons. The lowest BCUT2D eigenvalue weighted by Crippen LogP contribution is -2.18. The van der Waals surface area contributed by atoms with Gasteiger partial charge in [-0.15, -0.1) is 0 Å². The molecule has 80 valence electrons. The monoisotopic (exact) mass is 208 g/mol. The van der Waals surface area contributed by atoms with Crippen LogP contribution >= 0.6 is 0 Å². The van der Waals surface area contributed by atoms with Gasteiger partial charge in [0.2, 0.25) is 5.78 Å². The zero-order valence-electron chi connectivity index (χ0n) is 8.65. The maximum absolute atomic E-state index is 11.3. The van der Waals surface area contributed by atoms with Crippen LogP contribution in [0.25, 0.3) is 0 Å². The molecule has 0 bridgehead atoms. The van der Waals surface area contributed by atoms with Crippen LogP contribution in [-0.2, 0) is 20.7 Å². The van der Waals surface area contributed by atoms with Gasteiger partial charge in [0.05, 0.1) is 14.2 Å². The van der Waals surface area contributed by atoms with Crippen LogP contribution in [0.5, 0.6) is 5.75 Å². The van der Waals surface area contributed by atoms with Crippen molar-refractivity contribution in [3.05, 3.63) is 29.8 Å². The van der Waals surface area contributed by atoms with Gasteiger partial charge in [0.1, 0.15) is 5.75 Å². The highest BCUT2D eigenvalue weighted by Gasteiger charge is 2.16. The highest BCUT2D eigenvalue weighted by molar-refractivity contribution is 6.34. The Kier molecular flexibility index (Phi) is 3.85. The number of esters is 1. The lowest BCUT2D eigenvalue weighted by Gasteiger charge is -2.06. The van der Waals surface area contributed by atoms with Crippen LogP contribution in [0, 0.1) is 0 Å². The highest BCUT2D eigenvalue weighted by Crippen LogP contribution is 2.17. The van der Waals surface area contributed by atoms with Crippen LogP contribution in [0.1, 0.15) is 5.56 Å². The summed E-state index contributed by atoms with van der Waals surface area (Å²) < 4.78 is 9.38. The molecule has 0 amide bonds. The number of ketones is 1. The largest absolute Gasteiger partial charge is 0.496 e. The van der Waals surface area contributed by atoms with Gasteiger partial charge in [0, 0.05) is 12.0 Å². The summed E-state index contributed by atoms with van der Waals surface area (Å²) >= 11 is 0. The Morgan fingerprint density at radius 1 is 1.20 bits per heavy atom. The van der Waals surface area contributed by atoms with Gasteiger partial charge in [-0.2, -0.15) is 0 Å². The van der Waals surface area contributed by atoms with Crippen molar-refractivity contribution in [2.75, 3.05) is 14.2 Å². The predicted octanol–water partition coefficient (Wildman–Crippen LogP) is 0.980. The number of rotatable bonds is 4. The fourth-order valence-electron chi connectivity index (χ4n) is 1.21. The number of para-hydroxylation sites is 1. The summed E-state index contributed by atoms with van der Waals surface area (Å²) in [5.41, 5.74) is 0.676. The Morgan fingerprint density at radius 2 is 1.87 bits per heavy atom. The number of hydrogen-bond acceptors (Lipinski definition) is 4. The van der Waals surface area contributed by atoms with Crippen LogP contribution in [0.3, 0.4) is 0 Å². The minimum Gasteiger partial charge on any atom is -0.496 e. The Hall–Kier alpha value is -1.84. The van der Waals surface area contributed by atoms with Crippen molar-refractivity contribution in [3.63, 3.8) is 0 Å². The molecule has 0 aliphatic carbocycles. The summed E-state index contributed by atoms with van der Waals surface area (Å²) in [6.45, 7) is 0. The molecule has 1 aromatic carbocycles. The smallest absolute Gasteiger partial charge is 0.374 e. The number of benzene rings is 1. The van der Waals surface area contributed by atoms with Crippen molar-refractivity contribution in [2.45, 2.75) is 6.42 Å².